The van der Waals surface area contributed by atoms with Crippen LogP contribution in [-0.2, 0) is 14.6 Å². The van der Waals surface area contributed by atoms with Crippen molar-refractivity contribution in [1.82, 2.24) is 0 Å². The number of aliphatic hydroxyl groups excluding tert-OH is 1. The molecule has 5 aliphatic rings. The van der Waals surface area contributed by atoms with Gasteiger partial charge in [0.25, 0.3) is 0 Å². The van der Waals surface area contributed by atoms with Crippen LogP contribution in [0.4, 0.5) is 5.69 Å². The Bertz CT molecular complexity index is 1110. The predicted octanol–water partition coefficient (Wildman–Crippen LogP) is 5.64. The first-order valence-corrected chi connectivity index (χ1v) is 14.8. The number of amides is 1. The van der Waals surface area contributed by atoms with Crippen LogP contribution < -0.4 is 5.32 Å². The van der Waals surface area contributed by atoms with E-state index < -0.39 is 15.9 Å². The molecule has 7 atom stereocenters. The van der Waals surface area contributed by atoms with Crippen molar-refractivity contribution >= 4 is 23.9 Å². The number of hydrogen-bond donors (Lipinski definition) is 3. The average molecular weight is 528 g/mol. The topological polar surface area (TPSA) is 88.0 Å². The van der Waals surface area contributed by atoms with Crippen molar-refractivity contribution in [2.24, 2.45) is 22.7 Å². The van der Waals surface area contributed by atoms with Gasteiger partial charge in [-0.2, -0.15) is 0 Å². The number of nitrogens with one attached hydrogen (secondary N) is 1. The second-order valence-corrected chi connectivity index (χ2v) is 14.9. The van der Waals surface area contributed by atoms with Gasteiger partial charge in [0.1, 0.15) is 5.60 Å². The number of thioether (sulfide) groups is 1. The Morgan fingerprint density at radius 1 is 1.11 bits per heavy atom. The number of anilines is 1. The standard InChI is InChI=1S/C30H41NO5S/c1-26(2)16-28(36-35-18-26)13-14-30(37-21-6-4-5-20(15-21)31-19-32)24-10-11-27(3)23(7-8-25(27)33)22(24)9-12-29(30,34)17-28/h4-6,10,15,19,22-23,25,33-34H,7-9,11-14,16-18H2,1-3H3,(H,31,32)/t22-,23-,25-,27-,28?,29+,30-/m0/s1. The third kappa shape index (κ3) is 4.03. The molecule has 1 spiro atoms. The van der Waals surface area contributed by atoms with Gasteiger partial charge in [-0.25, -0.2) is 9.78 Å². The Morgan fingerprint density at radius 3 is 2.73 bits per heavy atom. The minimum Gasteiger partial charge on any atom is -0.393 e. The van der Waals surface area contributed by atoms with E-state index in [1.54, 1.807) is 11.8 Å². The summed E-state index contributed by atoms with van der Waals surface area (Å²) >= 11 is 1.77. The molecule has 0 aromatic heterocycles. The van der Waals surface area contributed by atoms with Gasteiger partial charge in [0.2, 0.25) is 6.41 Å². The Balaban J connectivity index is 1.42. The van der Waals surface area contributed by atoms with Gasteiger partial charge in [-0.15, -0.1) is 11.8 Å². The number of hydrogen-bond acceptors (Lipinski definition) is 6. The number of rotatable bonds is 4. The first-order chi connectivity index (χ1) is 17.5. The fourth-order valence-corrected chi connectivity index (χ4v) is 10.5. The Morgan fingerprint density at radius 2 is 1.95 bits per heavy atom. The van der Waals surface area contributed by atoms with E-state index in [1.165, 1.54) is 5.57 Å². The monoisotopic (exact) mass is 527 g/mol. The van der Waals surface area contributed by atoms with Crippen LogP contribution in [0.5, 0.6) is 0 Å². The van der Waals surface area contributed by atoms with Gasteiger partial charge < -0.3 is 15.5 Å². The van der Waals surface area contributed by atoms with Crippen LogP contribution in [0.25, 0.3) is 0 Å². The summed E-state index contributed by atoms with van der Waals surface area (Å²) in [6.07, 6.45) is 10.3. The van der Waals surface area contributed by atoms with Crippen LogP contribution >= 0.6 is 11.8 Å². The van der Waals surface area contributed by atoms with Gasteiger partial charge >= 0.3 is 0 Å². The lowest BCUT2D eigenvalue weighted by atomic mass is 9.51. The molecule has 1 aromatic rings. The zero-order chi connectivity index (χ0) is 26.1. The summed E-state index contributed by atoms with van der Waals surface area (Å²) in [5, 5.41) is 26.4. The molecule has 6 rings (SSSR count). The van der Waals surface area contributed by atoms with Gasteiger partial charge in [0, 0.05) is 22.4 Å². The molecule has 0 bridgehead atoms. The minimum atomic E-state index is -0.950. The maximum Gasteiger partial charge on any atom is 0.211 e. The molecule has 7 heteroatoms. The number of benzene rings is 1. The molecule has 4 fully saturated rings. The number of carbonyl (C=O) groups excluding carboxylic acids is 1. The zero-order valence-electron chi connectivity index (χ0n) is 22.3. The summed E-state index contributed by atoms with van der Waals surface area (Å²) in [6, 6.07) is 7.95. The summed E-state index contributed by atoms with van der Waals surface area (Å²) in [6.45, 7) is 7.27. The van der Waals surface area contributed by atoms with Crippen molar-refractivity contribution < 1.29 is 24.8 Å². The molecule has 37 heavy (non-hydrogen) atoms. The summed E-state index contributed by atoms with van der Waals surface area (Å²) < 4.78 is -0.485. The third-order valence-corrected chi connectivity index (χ3v) is 12.1. The number of carbonyl (C=O) groups is 1. The van der Waals surface area contributed by atoms with Gasteiger partial charge in [0.15, 0.2) is 0 Å². The predicted molar refractivity (Wildman–Crippen MR) is 144 cm³/mol. The molecule has 1 amide bonds. The van der Waals surface area contributed by atoms with Crippen LogP contribution in [0.3, 0.4) is 0 Å². The van der Waals surface area contributed by atoms with Crippen molar-refractivity contribution in [2.75, 3.05) is 11.9 Å². The second-order valence-electron chi connectivity index (χ2n) is 13.5. The lowest BCUT2D eigenvalue weighted by molar-refractivity contribution is -0.417. The fraction of sp³-hybridized carbons (Fsp3) is 0.700. The average Bonchev–Trinajstić information content (AvgIpc) is 3.14. The van der Waals surface area contributed by atoms with E-state index in [9.17, 15) is 15.0 Å². The molecule has 1 aliphatic heterocycles. The quantitative estimate of drug-likeness (QED) is 0.267. The smallest absolute Gasteiger partial charge is 0.211 e. The van der Waals surface area contributed by atoms with Crippen LogP contribution in [-0.4, -0.2) is 45.3 Å². The third-order valence-electron chi connectivity index (χ3n) is 10.5. The van der Waals surface area contributed by atoms with E-state index in [-0.39, 0.29) is 16.9 Å². The van der Waals surface area contributed by atoms with Crippen molar-refractivity contribution in [3.63, 3.8) is 0 Å². The summed E-state index contributed by atoms with van der Waals surface area (Å²) in [4.78, 5) is 23.9. The van der Waals surface area contributed by atoms with Crippen LogP contribution in [0, 0.1) is 22.7 Å². The SMILES string of the molecule is CC1(C)COOC2(CC[C@]3(Sc4cccc(NC=O)c4)C4=CC[C@]5(C)[C@@H](O)CC[C@H]5[C@@H]4CC[C@@]3(O)C2)C1. The maximum absolute atomic E-state index is 12.7. The minimum absolute atomic E-state index is 0.000306. The molecule has 0 radical (unpaired) electrons. The number of aliphatic hydroxyl groups is 2. The molecule has 4 aliphatic carbocycles. The molecule has 1 heterocycles. The van der Waals surface area contributed by atoms with Crippen LogP contribution in [0.1, 0.15) is 78.6 Å². The molecule has 1 unspecified atom stereocenters. The highest BCUT2D eigenvalue weighted by molar-refractivity contribution is 8.01. The van der Waals surface area contributed by atoms with Crippen LogP contribution in [0.15, 0.2) is 40.8 Å². The fourth-order valence-electron chi connectivity index (χ4n) is 8.82. The molecule has 1 aromatic carbocycles. The van der Waals surface area contributed by atoms with E-state index in [2.05, 4.69) is 38.2 Å². The maximum atomic E-state index is 12.7. The van der Waals surface area contributed by atoms with E-state index in [0.717, 1.165) is 55.5 Å². The Kier molecular flexibility index (Phi) is 6.17. The largest absolute Gasteiger partial charge is 0.393 e. The van der Waals surface area contributed by atoms with E-state index in [1.807, 2.05) is 18.2 Å². The molecule has 3 N–H and O–H groups in total. The van der Waals surface area contributed by atoms with Gasteiger partial charge in [0.05, 0.1) is 23.1 Å². The molecule has 202 valence electrons. The van der Waals surface area contributed by atoms with E-state index in [0.29, 0.717) is 37.7 Å². The number of fused-ring (bicyclic) bond motifs is 5. The Hall–Kier alpha value is -1.38. The van der Waals surface area contributed by atoms with Crippen molar-refractivity contribution in [1.29, 1.82) is 0 Å². The van der Waals surface area contributed by atoms with Crippen molar-refractivity contribution in [3.8, 4) is 0 Å². The van der Waals surface area contributed by atoms with Gasteiger partial charge in [-0.05, 0) is 86.8 Å². The second kappa shape index (κ2) is 8.82. The first-order valence-electron chi connectivity index (χ1n) is 13.9. The summed E-state index contributed by atoms with van der Waals surface area (Å²) in [5.41, 5.74) is 0.621. The lowest BCUT2D eigenvalue weighted by Gasteiger charge is -2.63. The summed E-state index contributed by atoms with van der Waals surface area (Å²) in [5.74, 6) is 0.811. The van der Waals surface area contributed by atoms with Crippen molar-refractivity contribution in [3.05, 3.63) is 35.9 Å². The first kappa shape index (κ1) is 25.9. The molecule has 3 saturated carbocycles. The highest BCUT2D eigenvalue weighted by Gasteiger charge is 2.67. The lowest BCUT2D eigenvalue weighted by Crippen LogP contribution is -2.67. The molecule has 1 saturated heterocycles. The zero-order valence-corrected chi connectivity index (χ0v) is 23.1. The van der Waals surface area contributed by atoms with E-state index in [4.69, 9.17) is 9.78 Å². The Labute approximate surface area is 224 Å². The summed E-state index contributed by atoms with van der Waals surface area (Å²) in [7, 11) is 0. The van der Waals surface area contributed by atoms with E-state index >= 15 is 0 Å². The molecular formula is C30H41NO5S. The molecular weight excluding hydrogens is 486 g/mol. The highest BCUT2D eigenvalue weighted by Crippen LogP contribution is 2.68. The normalized spacial score (nSPS) is 44.4. The molecule has 6 nitrogen and oxygen atoms in total. The van der Waals surface area contributed by atoms with Gasteiger partial charge in [-0.1, -0.05) is 38.5 Å². The number of allylic oxidation sites excluding steroid dienone is 1. The van der Waals surface area contributed by atoms with Gasteiger partial charge in [-0.3, -0.25) is 4.79 Å². The highest BCUT2D eigenvalue weighted by atomic mass is 32.2. The van der Waals surface area contributed by atoms with Crippen LogP contribution in [0.2, 0.25) is 0 Å². The van der Waals surface area contributed by atoms with Crippen molar-refractivity contribution in [2.45, 2.75) is 106 Å².